The maximum absolute atomic E-state index is 11.7. The molecule has 0 aliphatic heterocycles. The first-order valence-corrected chi connectivity index (χ1v) is 10.1. The Morgan fingerprint density at radius 2 is 1.96 bits per heavy atom. The zero-order valence-electron chi connectivity index (χ0n) is 16.7. The fourth-order valence-electron chi connectivity index (χ4n) is 3.54. The minimum Gasteiger partial charge on any atom is -0.357 e. The van der Waals surface area contributed by atoms with E-state index in [0.717, 1.165) is 30.5 Å². The number of amides is 1. The van der Waals surface area contributed by atoms with Gasteiger partial charge in [-0.2, -0.15) is 0 Å². The lowest BCUT2D eigenvalue weighted by atomic mass is 9.86. The molecule has 0 heterocycles. The molecule has 5 nitrogen and oxygen atoms in total. The molecule has 1 amide bonds. The largest absolute Gasteiger partial charge is 0.357 e. The van der Waals surface area contributed by atoms with Gasteiger partial charge in [-0.05, 0) is 43.4 Å². The van der Waals surface area contributed by atoms with Gasteiger partial charge in [0.1, 0.15) is 0 Å². The first-order chi connectivity index (χ1) is 12.7. The molecular formula is C21H35IN4O. The minimum atomic E-state index is -0.0661. The van der Waals surface area contributed by atoms with E-state index >= 15 is 0 Å². The smallest absolute Gasteiger partial charge is 0.251 e. The van der Waals surface area contributed by atoms with Crippen molar-refractivity contribution in [3.63, 3.8) is 0 Å². The van der Waals surface area contributed by atoms with E-state index in [4.69, 9.17) is 0 Å². The molecule has 152 valence electrons. The van der Waals surface area contributed by atoms with Crippen LogP contribution in [0.2, 0.25) is 0 Å². The van der Waals surface area contributed by atoms with Crippen molar-refractivity contribution in [2.45, 2.75) is 58.4 Å². The Kier molecular flexibility index (Phi) is 12.1. The molecule has 0 unspecified atom stereocenters. The normalized spacial score (nSPS) is 15.0. The number of rotatable bonds is 8. The van der Waals surface area contributed by atoms with Gasteiger partial charge in [0, 0.05) is 25.7 Å². The number of aliphatic imine (C=N–C) groups is 1. The first kappa shape index (κ1) is 23.7. The summed E-state index contributed by atoms with van der Waals surface area (Å²) >= 11 is 0. The van der Waals surface area contributed by atoms with Crippen molar-refractivity contribution in [1.29, 1.82) is 0 Å². The SMILES string of the molecule is CCNC(=NCc1cccc(C(=O)NC)c1)NCCCC1CCCCC1.I. The lowest BCUT2D eigenvalue weighted by Crippen LogP contribution is -2.37. The van der Waals surface area contributed by atoms with Crippen LogP contribution in [0.15, 0.2) is 29.3 Å². The van der Waals surface area contributed by atoms with E-state index < -0.39 is 0 Å². The van der Waals surface area contributed by atoms with Gasteiger partial charge in [-0.3, -0.25) is 4.79 Å². The number of guanidine groups is 1. The van der Waals surface area contributed by atoms with E-state index in [0.29, 0.717) is 12.1 Å². The number of nitrogens with one attached hydrogen (secondary N) is 3. The second kappa shape index (κ2) is 13.8. The standard InChI is InChI=1S/C21H34N4O.HI/c1-3-23-21(24-14-8-12-17-9-5-4-6-10-17)25-16-18-11-7-13-19(15-18)20(26)22-2;/h7,11,13,15,17H,3-6,8-10,12,14,16H2,1-2H3,(H,22,26)(H2,23,24,25);1H. The van der Waals surface area contributed by atoms with Crippen molar-refractivity contribution < 1.29 is 4.79 Å². The van der Waals surface area contributed by atoms with E-state index in [9.17, 15) is 4.79 Å². The number of hydrogen-bond donors (Lipinski definition) is 3. The average molecular weight is 486 g/mol. The fraction of sp³-hybridized carbons (Fsp3) is 0.619. The topological polar surface area (TPSA) is 65.5 Å². The second-order valence-electron chi connectivity index (χ2n) is 7.05. The Labute approximate surface area is 181 Å². The lowest BCUT2D eigenvalue weighted by molar-refractivity contribution is 0.0963. The van der Waals surface area contributed by atoms with Crippen LogP contribution in [0.5, 0.6) is 0 Å². The number of benzene rings is 1. The Morgan fingerprint density at radius 3 is 2.67 bits per heavy atom. The molecule has 0 aromatic heterocycles. The molecule has 2 rings (SSSR count). The van der Waals surface area contributed by atoms with Gasteiger partial charge in [0.25, 0.3) is 5.91 Å². The summed E-state index contributed by atoms with van der Waals surface area (Å²) in [5.41, 5.74) is 1.70. The third-order valence-electron chi connectivity index (χ3n) is 4.99. The molecule has 1 aromatic rings. The van der Waals surface area contributed by atoms with E-state index in [2.05, 4.69) is 27.9 Å². The van der Waals surface area contributed by atoms with Crippen LogP contribution in [0.4, 0.5) is 0 Å². The predicted octanol–water partition coefficient (Wildman–Crippen LogP) is 4.08. The summed E-state index contributed by atoms with van der Waals surface area (Å²) in [6.45, 7) is 4.43. The average Bonchev–Trinajstić information content (AvgIpc) is 2.69. The third-order valence-corrected chi connectivity index (χ3v) is 4.99. The van der Waals surface area contributed by atoms with Crippen LogP contribution in [0, 0.1) is 5.92 Å². The predicted molar refractivity (Wildman–Crippen MR) is 124 cm³/mol. The number of nitrogens with zero attached hydrogens (tertiary/aromatic N) is 1. The van der Waals surface area contributed by atoms with Gasteiger partial charge in [-0.15, -0.1) is 24.0 Å². The zero-order chi connectivity index (χ0) is 18.6. The molecular weight excluding hydrogens is 451 g/mol. The van der Waals surface area contributed by atoms with Gasteiger partial charge in [0.2, 0.25) is 0 Å². The number of carbonyl (C=O) groups is 1. The number of halogens is 1. The highest BCUT2D eigenvalue weighted by atomic mass is 127. The van der Waals surface area contributed by atoms with E-state index in [1.165, 1.54) is 44.9 Å². The van der Waals surface area contributed by atoms with Crippen molar-refractivity contribution in [1.82, 2.24) is 16.0 Å². The van der Waals surface area contributed by atoms with Gasteiger partial charge in [-0.25, -0.2) is 4.99 Å². The molecule has 0 saturated heterocycles. The van der Waals surface area contributed by atoms with Gasteiger partial charge < -0.3 is 16.0 Å². The van der Waals surface area contributed by atoms with Gasteiger partial charge in [0.05, 0.1) is 6.54 Å². The molecule has 0 radical (unpaired) electrons. The van der Waals surface area contributed by atoms with Crippen molar-refractivity contribution in [2.24, 2.45) is 10.9 Å². The van der Waals surface area contributed by atoms with Crippen LogP contribution in [0.1, 0.15) is 67.8 Å². The molecule has 0 atom stereocenters. The molecule has 1 aromatic carbocycles. The Bertz CT molecular complexity index is 585. The van der Waals surface area contributed by atoms with Crippen LogP contribution in [-0.4, -0.2) is 32.0 Å². The zero-order valence-corrected chi connectivity index (χ0v) is 19.1. The highest BCUT2D eigenvalue weighted by Crippen LogP contribution is 2.26. The summed E-state index contributed by atoms with van der Waals surface area (Å²) in [7, 11) is 1.65. The Morgan fingerprint density at radius 1 is 1.19 bits per heavy atom. The van der Waals surface area contributed by atoms with Crippen LogP contribution < -0.4 is 16.0 Å². The molecule has 1 aliphatic carbocycles. The Hall–Kier alpha value is -1.31. The molecule has 1 saturated carbocycles. The van der Waals surface area contributed by atoms with Crippen molar-refractivity contribution in [2.75, 3.05) is 20.1 Å². The summed E-state index contributed by atoms with van der Waals surface area (Å²) in [5, 5.41) is 9.39. The van der Waals surface area contributed by atoms with Crippen molar-refractivity contribution in [3.05, 3.63) is 35.4 Å². The number of carbonyl (C=O) groups excluding carboxylic acids is 1. The molecule has 3 N–H and O–H groups in total. The summed E-state index contributed by atoms with van der Waals surface area (Å²) in [4.78, 5) is 16.4. The maximum atomic E-state index is 11.7. The quantitative estimate of drug-likeness (QED) is 0.225. The van der Waals surface area contributed by atoms with Gasteiger partial charge in [0.15, 0.2) is 5.96 Å². The van der Waals surface area contributed by atoms with E-state index in [1.54, 1.807) is 7.05 Å². The maximum Gasteiger partial charge on any atom is 0.251 e. The molecule has 0 spiro atoms. The molecule has 0 bridgehead atoms. The summed E-state index contributed by atoms with van der Waals surface area (Å²) in [6.07, 6.45) is 9.59. The van der Waals surface area contributed by atoms with Crippen molar-refractivity contribution in [3.8, 4) is 0 Å². The van der Waals surface area contributed by atoms with Gasteiger partial charge in [-0.1, -0.05) is 44.2 Å². The van der Waals surface area contributed by atoms with Crippen LogP contribution >= 0.6 is 24.0 Å². The monoisotopic (exact) mass is 486 g/mol. The fourth-order valence-corrected chi connectivity index (χ4v) is 3.54. The second-order valence-corrected chi connectivity index (χ2v) is 7.05. The van der Waals surface area contributed by atoms with Gasteiger partial charge >= 0.3 is 0 Å². The van der Waals surface area contributed by atoms with Crippen LogP contribution in [0.3, 0.4) is 0 Å². The molecule has 27 heavy (non-hydrogen) atoms. The molecule has 1 fully saturated rings. The molecule has 1 aliphatic rings. The van der Waals surface area contributed by atoms with E-state index in [-0.39, 0.29) is 29.9 Å². The Balaban J connectivity index is 0.00000364. The number of hydrogen-bond acceptors (Lipinski definition) is 2. The van der Waals surface area contributed by atoms with Crippen LogP contribution in [-0.2, 0) is 6.54 Å². The highest BCUT2D eigenvalue weighted by Gasteiger charge is 2.12. The third kappa shape index (κ3) is 8.95. The molecule has 6 heteroatoms. The lowest BCUT2D eigenvalue weighted by Gasteiger charge is -2.21. The van der Waals surface area contributed by atoms with Crippen molar-refractivity contribution >= 4 is 35.8 Å². The van der Waals surface area contributed by atoms with Crippen LogP contribution in [0.25, 0.3) is 0 Å². The highest BCUT2D eigenvalue weighted by molar-refractivity contribution is 14.0. The van der Waals surface area contributed by atoms with E-state index in [1.807, 2.05) is 24.3 Å². The summed E-state index contributed by atoms with van der Waals surface area (Å²) in [5.74, 6) is 1.71. The summed E-state index contributed by atoms with van der Waals surface area (Å²) < 4.78 is 0. The summed E-state index contributed by atoms with van der Waals surface area (Å²) in [6, 6.07) is 7.62. The minimum absolute atomic E-state index is 0. The first-order valence-electron chi connectivity index (χ1n) is 10.1.